The third-order valence-electron chi connectivity index (χ3n) is 6.73. The first-order valence-electron chi connectivity index (χ1n) is 12.4. The van der Waals surface area contributed by atoms with Crippen molar-refractivity contribution in [2.45, 2.75) is 19.4 Å². The van der Waals surface area contributed by atoms with E-state index in [2.05, 4.69) is 55.7 Å². The molecular weight excluding hydrogens is 446 g/mol. The summed E-state index contributed by atoms with van der Waals surface area (Å²) in [7, 11) is 0. The Morgan fingerprint density at radius 2 is 1.67 bits per heavy atom. The van der Waals surface area contributed by atoms with Gasteiger partial charge < -0.3 is 5.32 Å². The largest absolute Gasteiger partial charge is 0.319 e. The van der Waals surface area contributed by atoms with E-state index in [4.69, 9.17) is 0 Å². The van der Waals surface area contributed by atoms with Crippen molar-refractivity contribution < 1.29 is 4.79 Å². The molecule has 36 heavy (non-hydrogen) atoms. The topological polar surface area (TPSA) is 73.9 Å². The van der Waals surface area contributed by atoms with Crippen LogP contribution in [0.2, 0.25) is 0 Å². The van der Waals surface area contributed by atoms with Gasteiger partial charge in [-0.1, -0.05) is 54.6 Å². The lowest BCUT2D eigenvalue weighted by Crippen LogP contribution is -2.18. The van der Waals surface area contributed by atoms with Gasteiger partial charge in [0.15, 0.2) is 5.69 Å². The highest BCUT2D eigenvalue weighted by Crippen LogP contribution is 2.27. The minimum atomic E-state index is -0.268. The molecule has 0 unspecified atom stereocenters. The Kier molecular flexibility index (Phi) is 6.01. The smallest absolute Gasteiger partial charge is 0.276 e. The highest BCUT2D eigenvalue weighted by molar-refractivity contribution is 6.11. The highest BCUT2D eigenvalue weighted by Gasteiger charge is 2.16. The van der Waals surface area contributed by atoms with Crippen molar-refractivity contribution >= 4 is 22.5 Å². The summed E-state index contributed by atoms with van der Waals surface area (Å²) in [6, 6.07) is 28.5. The summed E-state index contributed by atoms with van der Waals surface area (Å²) < 4.78 is 0. The Morgan fingerprint density at radius 1 is 0.861 bits per heavy atom. The molecule has 0 spiro atoms. The molecule has 1 aliphatic rings. The second-order valence-corrected chi connectivity index (χ2v) is 9.27. The van der Waals surface area contributed by atoms with E-state index in [0.717, 1.165) is 39.8 Å². The number of amides is 1. The van der Waals surface area contributed by atoms with Crippen LogP contribution in [-0.2, 0) is 6.54 Å². The summed E-state index contributed by atoms with van der Waals surface area (Å²) in [5.74, 6) is -0.268. The number of H-pyrrole nitrogens is 1. The predicted molar refractivity (Wildman–Crippen MR) is 144 cm³/mol. The predicted octanol–water partition coefficient (Wildman–Crippen LogP) is 6.14. The van der Waals surface area contributed by atoms with E-state index < -0.39 is 0 Å². The van der Waals surface area contributed by atoms with Gasteiger partial charge in [-0.2, -0.15) is 5.10 Å². The van der Waals surface area contributed by atoms with E-state index >= 15 is 0 Å². The monoisotopic (exact) mass is 473 g/mol. The number of carbonyl (C=O) groups is 1. The Morgan fingerprint density at radius 3 is 2.47 bits per heavy atom. The molecule has 1 saturated heterocycles. The molecule has 6 heteroatoms. The molecule has 3 heterocycles. The van der Waals surface area contributed by atoms with Crippen molar-refractivity contribution in [2.24, 2.45) is 0 Å². The van der Waals surface area contributed by atoms with Crippen LogP contribution in [0.15, 0.2) is 91.1 Å². The number of aromatic amines is 1. The SMILES string of the molecule is O=C(Nc1ccc(-c2ccccc2)nc1)c1n[nH]c2ccc(-c3cccc(CN4CCCC4)c3)cc12. The van der Waals surface area contributed by atoms with Crippen LogP contribution in [0.4, 0.5) is 5.69 Å². The molecule has 2 N–H and O–H groups in total. The lowest BCUT2D eigenvalue weighted by molar-refractivity contribution is 0.102. The van der Waals surface area contributed by atoms with Gasteiger partial charge in [0, 0.05) is 17.5 Å². The third kappa shape index (κ3) is 4.63. The number of fused-ring (bicyclic) bond motifs is 1. The third-order valence-corrected chi connectivity index (χ3v) is 6.73. The number of rotatable bonds is 6. The van der Waals surface area contributed by atoms with Gasteiger partial charge in [0.1, 0.15) is 0 Å². The second kappa shape index (κ2) is 9.76. The van der Waals surface area contributed by atoms with E-state index in [0.29, 0.717) is 11.4 Å². The average Bonchev–Trinajstić information content (AvgIpc) is 3.59. The average molecular weight is 474 g/mol. The number of benzene rings is 3. The number of anilines is 1. The van der Waals surface area contributed by atoms with Crippen molar-refractivity contribution in [1.29, 1.82) is 0 Å². The molecule has 0 atom stereocenters. The Hall–Kier alpha value is -4.29. The van der Waals surface area contributed by atoms with Gasteiger partial charge in [-0.15, -0.1) is 0 Å². The first-order valence-corrected chi connectivity index (χ1v) is 12.4. The number of hydrogen-bond donors (Lipinski definition) is 2. The van der Waals surface area contributed by atoms with Crippen molar-refractivity contribution in [3.8, 4) is 22.4 Å². The Labute approximate surface area is 210 Å². The van der Waals surface area contributed by atoms with Crippen molar-refractivity contribution in [2.75, 3.05) is 18.4 Å². The van der Waals surface area contributed by atoms with Gasteiger partial charge in [-0.05, 0) is 73.0 Å². The molecule has 0 saturated carbocycles. The standard InChI is InChI=1S/C30H27N5O/c36-30(32-25-12-14-27(31-19-25)22-8-2-1-3-9-22)29-26-18-24(11-13-28(26)33-34-29)23-10-6-7-21(17-23)20-35-15-4-5-16-35/h1-3,6-14,17-19H,4-5,15-16,20H2,(H,32,36)(H,33,34). The van der Waals surface area contributed by atoms with Crippen LogP contribution in [0.3, 0.4) is 0 Å². The summed E-state index contributed by atoms with van der Waals surface area (Å²) in [6.07, 6.45) is 4.25. The van der Waals surface area contributed by atoms with Crippen LogP contribution in [0.1, 0.15) is 28.9 Å². The lowest BCUT2D eigenvalue weighted by Gasteiger charge is -2.15. The molecule has 6 rings (SSSR count). The summed E-state index contributed by atoms with van der Waals surface area (Å²) in [6.45, 7) is 3.33. The number of hydrogen-bond acceptors (Lipinski definition) is 4. The molecule has 1 amide bonds. The summed E-state index contributed by atoms with van der Waals surface area (Å²) in [4.78, 5) is 20.1. The van der Waals surface area contributed by atoms with Gasteiger partial charge in [-0.3, -0.25) is 19.8 Å². The van der Waals surface area contributed by atoms with Crippen LogP contribution in [0, 0.1) is 0 Å². The van der Waals surface area contributed by atoms with Crippen LogP contribution in [0.5, 0.6) is 0 Å². The molecule has 5 aromatic rings. The fourth-order valence-electron chi connectivity index (χ4n) is 4.85. The number of nitrogens with zero attached hydrogens (tertiary/aromatic N) is 3. The van der Waals surface area contributed by atoms with Crippen LogP contribution in [-0.4, -0.2) is 39.1 Å². The molecule has 0 radical (unpaired) electrons. The molecular formula is C30H27N5O. The van der Waals surface area contributed by atoms with Gasteiger partial charge in [0.05, 0.1) is 23.1 Å². The normalized spacial score (nSPS) is 13.8. The van der Waals surface area contributed by atoms with E-state index in [9.17, 15) is 4.79 Å². The zero-order chi connectivity index (χ0) is 24.3. The molecule has 1 aliphatic heterocycles. The fourth-order valence-corrected chi connectivity index (χ4v) is 4.85. The van der Waals surface area contributed by atoms with E-state index in [-0.39, 0.29) is 5.91 Å². The Balaban J connectivity index is 1.23. The molecule has 2 aromatic heterocycles. The first kappa shape index (κ1) is 22.2. The van der Waals surface area contributed by atoms with Crippen molar-refractivity contribution in [1.82, 2.24) is 20.1 Å². The molecule has 178 valence electrons. The molecule has 6 nitrogen and oxygen atoms in total. The van der Waals surface area contributed by atoms with Gasteiger partial charge in [0.25, 0.3) is 5.91 Å². The maximum atomic E-state index is 13.1. The number of pyridine rings is 1. The first-order chi connectivity index (χ1) is 17.7. The van der Waals surface area contributed by atoms with E-state index in [1.54, 1.807) is 6.20 Å². The molecule has 0 bridgehead atoms. The zero-order valence-electron chi connectivity index (χ0n) is 19.9. The quantitative estimate of drug-likeness (QED) is 0.311. The van der Waals surface area contributed by atoms with E-state index in [1.165, 1.54) is 31.5 Å². The van der Waals surface area contributed by atoms with Crippen molar-refractivity contribution in [3.63, 3.8) is 0 Å². The van der Waals surface area contributed by atoms with Crippen LogP contribution in [0.25, 0.3) is 33.3 Å². The number of carbonyl (C=O) groups excluding carboxylic acids is 1. The summed E-state index contributed by atoms with van der Waals surface area (Å²) in [5.41, 5.74) is 7.23. The molecule has 1 fully saturated rings. The van der Waals surface area contributed by atoms with Gasteiger partial charge in [-0.25, -0.2) is 0 Å². The summed E-state index contributed by atoms with van der Waals surface area (Å²) >= 11 is 0. The maximum absolute atomic E-state index is 13.1. The number of likely N-dealkylation sites (tertiary alicyclic amines) is 1. The van der Waals surface area contributed by atoms with Gasteiger partial charge in [0.2, 0.25) is 0 Å². The number of aromatic nitrogens is 3. The minimum Gasteiger partial charge on any atom is -0.319 e. The molecule has 0 aliphatic carbocycles. The second-order valence-electron chi connectivity index (χ2n) is 9.27. The van der Waals surface area contributed by atoms with Crippen molar-refractivity contribution in [3.05, 3.63) is 102 Å². The highest BCUT2D eigenvalue weighted by atomic mass is 16.1. The maximum Gasteiger partial charge on any atom is 0.276 e. The summed E-state index contributed by atoms with van der Waals surface area (Å²) in [5, 5.41) is 11.0. The van der Waals surface area contributed by atoms with E-state index in [1.807, 2.05) is 54.6 Å². The Bertz CT molecular complexity index is 1500. The van der Waals surface area contributed by atoms with Gasteiger partial charge >= 0.3 is 0 Å². The van der Waals surface area contributed by atoms with Crippen LogP contribution < -0.4 is 5.32 Å². The lowest BCUT2D eigenvalue weighted by atomic mass is 10.0. The van der Waals surface area contributed by atoms with Crippen LogP contribution >= 0.6 is 0 Å². The zero-order valence-corrected chi connectivity index (χ0v) is 19.9. The minimum absolute atomic E-state index is 0.268. The number of nitrogens with one attached hydrogen (secondary N) is 2. The molecule has 3 aromatic carbocycles. The fraction of sp³-hybridized carbons (Fsp3) is 0.167.